The maximum Gasteiger partial charge on any atom is 0.258 e. The summed E-state index contributed by atoms with van der Waals surface area (Å²) >= 11 is 1.67. The molecule has 2 aromatic carbocycles. The summed E-state index contributed by atoms with van der Waals surface area (Å²) in [5.74, 6) is 0.0349. The summed E-state index contributed by atoms with van der Waals surface area (Å²) in [5.41, 5.74) is 4.09. The molecule has 3 rings (SSSR count). The van der Waals surface area contributed by atoms with E-state index in [0.717, 1.165) is 23.2 Å². The fourth-order valence-corrected chi connectivity index (χ4v) is 3.29. The van der Waals surface area contributed by atoms with Gasteiger partial charge >= 0.3 is 0 Å². The Morgan fingerprint density at radius 1 is 1.00 bits per heavy atom. The molecule has 0 atom stereocenters. The van der Waals surface area contributed by atoms with Crippen LogP contribution in [0.5, 0.6) is 0 Å². The van der Waals surface area contributed by atoms with E-state index in [0.29, 0.717) is 6.54 Å². The van der Waals surface area contributed by atoms with Crippen molar-refractivity contribution in [3.8, 4) is 0 Å². The van der Waals surface area contributed by atoms with Crippen molar-refractivity contribution in [3.05, 3.63) is 87.6 Å². The number of carbonyl (C=O) groups is 1. The van der Waals surface area contributed by atoms with Gasteiger partial charge in [-0.15, -0.1) is 11.3 Å². The molecule has 0 N–H and O–H groups in total. The molecule has 1 amide bonds. The zero-order valence-corrected chi connectivity index (χ0v) is 14.8. The Balaban J connectivity index is 1.93. The van der Waals surface area contributed by atoms with Gasteiger partial charge in [0.15, 0.2) is 0 Å². The van der Waals surface area contributed by atoms with Crippen LogP contribution in [0.25, 0.3) is 0 Å². The first-order valence-corrected chi connectivity index (χ1v) is 9.05. The fourth-order valence-electron chi connectivity index (χ4n) is 2.60. The summed E-state index contributed by atoms with van der Waals surface area (Å²) in [6, 6.07) is 20.1. The third kappa shape index (κ3) is 3.74. The quantitative estimate of drug-likeness (QED) is 0.606. The fraction of sp³-hybridized carbons (Fsp3) is 0.190. The molecule has 0 aliphatic carbocycles. The Bertz CT molecular complexity index is 789. The lowest BCUT2D eigenvalue weighted by Gasteiger charge is -2.23. The molecule has 0 aliphatic heterocycles. The Morgan fingerprint density at radius 2 is 1.71 bits per heavy atom. The minimum Gasteiger partial charge on any atom is -0.303 e. The Hall–Kier alpha value is -2.39. The van der Waals surface area contributed by atoms with E-state index in [1.54, 1.807) is 11.3 Å². The van der Waals surface area contributed by atoms with Crippen LogP contribution in [-0.4, -0.2) is 5.91 Å². The van der Waals surface area contributed by atoms with Crippen molar-refractivity contribution in [1.29, 1.82) is 0 Å². The van der Waals surface area contributed by atoms with Gasteiger partial charge in [-0.2, -0.15) is 0 Å². The van der Waals surface area contributed by atoms with E-state index >= 15 is 0 Å². The van der Waals surface area contributed by atoms with E-state index in [4.69, 9.17) is 0 Å². The zero-order chi connectivity index (χ0) is 16.9. The highest BCUT2D eigenvalue weighted by Crippen LogP contribution is 2.23. The average molecular weight is 335 g/mol. The molecule has 3 aromatic rings. The van der Waals surface area contributed by atoms with Crippen LogP contribution in [0.1, 0.15) is 33.3 Å². The second kappa shape index (κ2) is 7.45. The second-order valence-corrected chi connectivity index (χ2v) is 6.89. The highest BCUT2D eigenvalue weighted by atomic mass is 32.1. The molecule has 24 heavy (non-hydrogen) atoms. The minimum atomic E-state index is 0.0349. The van der Waals surface area contributed by atoms with Crippen molar-refractivity contribution in [3.63, 3.8) is 0 Å². The first-order chi connectivity index (χ1) is 11.7. The van der Waals surface area contributed by atoms with Crippen molar-refractivity contribution in [2.75, 3.05) is 4.90 Å². The number of benzene rings is 2. The average Bonchev–Trinajstić information content (AvgIpc) is 3.13. The summed E-state index contributed by atoms with van der Waals surface area (Å²) in [6.07, 6.45) is 0.997. The number of anilines is 1. The maximum absolute atomic E-state index is 13.1. The third-order valence-electron chi connectivity index (χ3n) is 4.09. The molecule has 3 heteroatoms. The zero-order valence-electron chi connectivity index (χ0n) is 14.0. The minimum absolute atomic E-state index is 0.0349. The van der Waals surface area contributed by atoms with Gasteiger partial charge in [0.1, 0.15) is 0 Å². The third-order valence-corrected chi connectivity index (χ3v) is 4.96. The molecule has 0 radical (unpaired) electrons. The topological polar surface area (TPSA) is 20.3 Å². The van der Waals surface area contributed by atoms with Gasteiger partial charge in [0.2, 0.25) is 0 Å². The van der Waals surface area contributed by atoms with Crippen LogP contribution in [0.15, 0.2) is 66.0 Å². The molecular weight excluding hydrogens is 314 g/mol. The first-order valence-electron chi connectivity index (χ1n) is 8.17. The van der Waals surface area contributed by atoms with Crippen molar-refractivity contribution in [2.24, 2.45) is 0 Å². The molecule has 0 unspecified atom stereocenters. The summed E-state index contributed by atoms with van der Waals surface area (Å²) in [5, 5.41) is 2.05. The first kappa shape index (κ1) is 16.5. The van der Waals surface area contributed by atoms with Crippen molar-refractivity contribution in [1.82, 2.24) is 0 Å². The van der Waals surface area contributed by atoms with E-state index in [-0.39, 0.29) is 5.91 Å². The monoisotopic (exact) mass is 335 g/mol. The predicted octanol–water partition coefficient (Wildman–Crippen LogP) is 5.47. The summed E-state index contributed by atoms with van der Waals surface area (Å²) in [4.78, 5) is 16.1. The Labute approximate surface area is 147 Å². The van der Waals surface area contributed by atoms with E-state index in [1.165, 1.54) is 10.4 Å². The van der Waals surface area contributed by atoms with Crippen LogP contribution in [0, 0.1) is 6.92 Å². The maximum atomic E-state index is 13.1. The van der Waals surface area contributed by atoms with Crippen LogP contribution in [0.4, 0.5) is 5.69 Å². The van der Waals surface area contributed by atoms with Gasteiger partial charge in [-0.1, -0.05) is 42.8 Å². The number of aryl methyl sites for hydroxylation is 2. The number of thiophene rings is 1. The van der Waals surface area contributed by atoms with E-state index in [9.17, 15) is 4.79 Å². The highest BCUT2D eigenvalue weighted by Gasteiger charge is 2.18. The van der Waals surface area contributed by atoms with Crippen molar-refractivity contribution >= 4 is 22.9 Å². The van der Waals surface area contributed by atoms with Gasteiger partial charge in [0, 0.05) is 16.1 Å². The van der Waals surface area contributed by atoms with Crippen LogP contribution in [-0.2, 0) is 13.0 Å². The smallest absolute Gasteiger partial charge is 0.258 e. The SMILES string of the molecule is CCc1ccc(N(Cc2cccs2)C(=O)c2ccc(C)cc2)cc1. The summed E-state index contributed by atoms with van der Waals surface area (Å²) in [6.45, 7) is 4.76. The number of rotatable bonds is 5. The molecule has 0 bridgehead atoms. The molecule has 0 saturated carbocycles. The Kier molecular flexibility index (Phi) is 5.11. The van der Waals surface area contributed by atoms with Gasteiger partial charge in [-0.3, -0.25) is 4.79 Å². The van der Waals surface area contributed by atoms with E-state index < -0.39 is 0 Å². The standard InChI is InChI=1S/C21H21NOS/c1-3-17-8-12-19(13-9-17)22(15-20-5-4-14-24-20)21(23)18-10-6-16(2)7-11-18/h4-14H,3,15H2,1-2H3. The van der Waals surface area contributed by atoms with Gasteiger partial charge in [0.25, 0.3) is 5.91 Å². The molecule has 1 aromatic heterocycles. The molecule has 0 spiro atoms. The molecule has 0 fully saturated rings. The Morgan fingerprint density at radius 3 is 2.29 bits per heavy atom. The molecule has 1 heterocycles. The number of hydrogen-bond acceptors (Lipinski definition) is 2. The second-order valence-electron chi connectivity index (χ2n) is 5.86. The van der Waals surface area contributed by atoms with Gasteiger partial charge in [-0.25, -0.2) is 0 Å². The van der Waals surface area contributed by atoms with Crippen LogP contribution < -0.4 is 4.90 Å². The molecule has 2 nitrogen and oxygen atoms in total. The molecule has 0 aliphatic rings. The normalized spacial score (nSPS) is 10.6. The molecular formula is C21H21NOS. The van der Waals surface area contributed by atoms with Crippen molar-refractivity contribution in [2.45, 2.75) is 26.8 Å². The van der Waals surface area contributed by atoms with Gasteiger partial charge < -0.3 is 4.90 Å². The lowest BCUT2D eigenvalue weighted by molar-refractivity contribution is 0.0985. The van der Waals surface area contributed by atoms with Gasteiger partial charge in [-0.05, 0) is 54.6 Å². The number of nitrogens with zero attached hydrogens (tertiary/aromatic N) is 1. The molecule has 122 valence electrons. The molecule has 0 saturated heterocycles. The van der Waals surface area contributed by atoms with Crippen LogP contribution >= 0.6 is 11.3 Å². The summed E-state index contributed by atoms with van der Waals surface area (Å²) in [7, 11) is 0. The highest BCUT2D eigenvalue weighted by molar-refractivity contribution is 7.09. The summed E-state index contributed by atoms with van der Waals surface area (Å²) < 4.78 is 0. The van der Waals surface area contributed by atoms with Gasteiger partial charge in [0.05, 0.1) is 6.54 Å². The largest absolute Gasteiger partial charge is 0.303 e. The van der Waals surface area contributed by atoms with E-state index in [1.807, 2.05) is 59.7 Å². The number of carbonyl (C=O) groups excluding carboxylic acids is 1. The predicted molar refractivity (Wildman–Crippen MR) is 102 cm³/mol. The van der Waals surface area contributed by atoms with E-state index in [2.05, 4.69) is 25.1 Å². The lowest BCUT2D eigenvalue weighted by atomic mass is 10.1. The lowest BCUT2D eigenvalue weighted by Crippen LogP contribution is -2.30. The number of amides is 1. The van der Waals surface area contributed by atoms with Crippen LogP contribution in [0.2, 0.25) is 0 Å². The van der Waals surface area contributed by atoms with Crippen LogP contribution in [0.3, 0.4) is 0 Å². The number of hydrogen-bond donors (Lipinski definition) is 0. The van der Waals surface area contributed by atoms with Crippen molar-refractivity contribution < 1.29 is 4.79 Å².